The van der Waals surface area contributed by atoms with Crippen LogP contribution in [-0.4, -0.2) is 23.4 Å². The lowest BCUT2D eigenvalue weighted by Crippen LogP contribution is -2.12. The minimum atomic E-state index is -0.521. The highest BCUT2D eigenvalue weighted by molar-refractivity contribution is 7.80. The van der Waals surface area contributed by atoms with Crippen LogP contribution in [0.3, 0.4) is 0 Å². The van der Waals surface area contributed by atoms with Crippen molar-refractivity contribution in [3.63, 3.8) is 0 Å². The van der Waals surface area contributed by atoms with E-state index in [1.807, 2.05) is 0 Å². The molecule has 0 aliphatic heterocycles. The number of thiol groups is 2. The number of ether oxygens (including phenoxy) is 1. The van der Waals surface area contributed by atoms with Crippen LogP contribution in [0.4, 0.5) is 0 Å². The molecule has 12 heavy (non-hydrogen) atoms. The summed E-state index contributed by atoms with van der Waals surface area (Å²) in [6.07, 6.45) is 0.336. The third-order valence-electron chi connectivity index (χ3n) is 0.860. The molecule has 6 heteroatoms. The lowest BCUT2D eigenvalue weighted by atomic mass is 10.5. The van der Waals surface area contributed by atoms with Gasteiger partial charge in [-0.3, -0.25) is 9.59 Å². The van der Waals surface area contributed by atoms with E-state index >= 15 is 0 Å². The quantitative estimate of drug-likeness (QED) is 0.366. The Morgan fingerprint density at radius 3 is 1.58 bits per heavy atom. The van der Waals surface area contributed by atoms with Gasteiger partial charge in [0.2, 0.25) is 0 Å². The molecule has 0 fully saturated rings. The van der Waals surface area contributed by atoms with Gasteiger partial charge in [0.15, 0.2) is 0 Å². The fourth-order valence-electron chi connectivity index (χ4n) is 0.412. The molecule has 0 atom stereocenters. The zero-order chi connectivity index (χ0) is 8.69. The van der Waals surface area contributed by atoms with Gasteiger partial charge in [0.25, 0.3) is 0 Å². The van der Waals surface area contributed by atoms with Crippen LogP contribution in [0.25, 0.3) is 0 Å². The monoisotopic (exact) mass is 211 g/mol. The number of rotatable bonds is 4. The zero-order valence-electron chi connectivity index (χ0n) is 6.65. The van der Waals surface area contributed by atoms with Crippen LogP contribution in [0.1, 0.15) is 12.8 Å². The van der Waals surface area contributed by atoms with Crippen LogP contribution in [0.5, 0.6) is 0 Å². The maximum absolute atomic E-state index is 10.6. The van der Waals surface area contributed by atoms with E-state index in [0.29, 0.717) is 11.5 Å². The van der Waals surface area contributed by atoms with Gasteiger partial charge < -0.3 is 10.9 Å². The molecule has 0 aliphatic rings. The predicted octanol–water partition coefficient (Wildman–Crippen LogP) is 0.858. The van der Waals surface area contributed by atoms with Crippen LogP contribution >= 0.6 is 25.3 Å². The van der Waals surface area contributed by atoms with Crippen LogP contribution in [0.2, 0.25) is 0 Å². The highest BCUT2D eigenvalue weighted by atomic mass is 32.1. The van der Waals surface area contributed by atoms with Crippen LogP contribution in [-0.2, 0) is 14.3 Å². The molecule has 72 valence electrons. The van der Waals surface area contributed by atoms with Crippen molar-refractivity contribution in [2.24, 2.45) is 0 Å². The number of hydrogen-bond donors (Lipinski definition) is 3. The van der Waals surface area contributed by atoms with Gasteiger partial charge in [-0.2, -0.15) is 25.3 Å². The van der Waals surface area contributed by atoms with Crippen molar-refractivity contribution < 1.29 is 14.3 Å². The molecule has 0 heterocycles. The summed E-state index contributed by atoms with van der Waals surface area (Å²) in [7, 11) is 0. The molecular formula is C6H13NO3S2. The Morgan fingerprint density at radius 1 is 1.00 bits per heavy atom. The van der Waals surface area contributed by atoms with E-state index in [2.05, 4.69) is 30.0 Å². The van der Waals surface area contributed by atoms with Crippen LogP contribution in [0, 0.1) is 0 Å². The molecular weight excluding hydrogens is 198 g/mol. The van der Waals surface area contributed by atoms with Crippen molar-refractivity contribution in [2.45, 2.75) is 12.8 Å². The highest BCUT2D eigenvalue weighted by Crippen LogP contribution is 1.93. The number of carbonyl (C=O) groups is 2. The van der Waals surface area contributed by atoms with Gasteiger partial charge in [0.05, 0.1) is 12.8 Å². The highest BCUT2D eigenvalue weighted by Gasteiger charge is 2.07. The zero-order valence-corrected chi connectivity index (χ0v) is 8.44. The summed E-state index contributed by atoms with van der Waals surface area (Å²) >= 11 is 7.61. The van der Waals surface area contributed by atoms with Crippen molar-refractivity contribution in [2.75, 3.05) is 11.5 Å². The van der Waals surface area contributed by atoms with Crippen molar-refractivity contribution in [3.8, 4) is 0 Å². The van der Waals surface area contributed by atoms with Crippen LogP contribution < -0.4 is 6.15 Å². The van der Waals surface area contributed by atoms with Gasteiger partial charge in [-0.05, 0) is 0 Å². The van der Waals surface area contributed by atoms with E-state index in [-0.39, 0.29) is 19.0 Å². The Balaban J connectivity index is 0. The van der Waals surface area contributed by atoms with E-state index in [1.165, 1.54) is 0 Å². The van der Waals surface area contributed by atoms with Crippen LogP contribution in [0.15, 0.2) is 0 Å². The average molecular weight is 211 g/mol. The van der Waals surface area contributed by atoms with Gasteiger partial charge >= 0.3 is 11.9 Å². The normalized spacial score (nSPS) is 8.50. The molecule has 0 bridgehead atoms. The second-order valence-corrected chi connectivity index (χ2v) is 2.69. The molecule has 0 radical (unpaired) electrons. The Bertz CT molecular complexity index is 136. The molecule has 0 unspecified atom stereocenters. The number of carbonyl (C=O) groups excluding carboxylic acids is 2. The average Bonchev–Trinajstić information content (AvgIpc) is 1.87. The second-order valence-electron chi connectivity index (χ2n) is 1.79. The summed E-state index contributed by atoms with van der Waals surface area (Å²) in [6, 6.07) is 0. The number of hydrogen-bond acceptors (Lipinski definition) is 6. The summed E-state index contributed by atoms with van der Waals surface area (Å²) < 4.78 is 4.36. The van der Waals surface area contributed by atoms with E-state index in [1.54, 1.807) is 0 Å². The predicted molar refractivity (Wildman–Crippen MR) is 53.1 cm³/mol. The third kappa shape index (κ3) is 7.90. The first-order valence-electron chi connectivity index (χ1n) is 3.16. The fourth-order valence-corrected chi connectivity index (χ4v) is 0.777. The summed E-state index contributed by atoms with van der Waals surface area (Å²) in [6.45, 7) is 0. The van der Waals surface area contributed by atoms with Gasteiger partial charge in [0.1, 0.15) is 0 Å². The summed E-state index contributed by atoms with van der Waals surface area (Å²) in [4.78, 5) is 21.2. The van der Waals surface area contributed by atoms with E-state index < -0.39 is 11.9 Å². The van der Waals surface area contributed by atoms with E-state index in [0.717, 1.165) is 0 Å². The Morgan fingerprint density at radius 2 is 1.33 bits per heavy atom. The Labute approximate surface area is 82.4 Å². The Kier molecular flexibility index (Phi) is 10.6. The van der Waals surface area contributed by atoms with Crippen molar-refractivity contribution in [1.29, 1.82) is 0 Å². The summed E-state index contributed by atoms with van der Waals surface area (Å²) in [5, 5.41) is 0. The molecule has 0 saturated heterocycles. The second kappa shape index (κ2) is 8.89. The lowest BCUT2D eigenvalue weighted by Gasteiger charge is -1.98. The molecule has 0 aromatic heterocycles. The molecule has 0 aliphatic carbocycles. The molecule has 4 nitrogen and oxygen atoms in total. The van der Waals surface area contributed by atoms with Gasteiger partial charge in [-0.1, -0.05) is 0 Å². The van der Waals surface area contributed by atoms with E-state index in [9.17, 15) is 9.59 Å². The van der Waals surface area contributed by atoms with Gasteiger partial charge in [-0.15, -0.1) is 0 Å². The smallest absolute Gasteiger partial charge is 0.314 e. The largest absolute Gasteiger partial charge is 0.393 e. The molecule has 0 spiro atoms. The summed E-state index contributed by atoms with van der Waals surface area (Å²) in [5.74, 6) is -0.251. The third-order valence-corrected chi connectivity index (χ3v) is 1.31. The van der Waals surface area contributed by atoms with Crippen molar-refractivity contribution in [1.82, 2.24) is 6.15 Å². The summed E-state index contributed by atoms with van der Waals surface area (Å²) in [5.41, 5.74) is 0. The minimum Gasteiger partial charge on any atom is -0.393 e. The molecule has 0 saturated carbocycles. The number of esters is 2. The molecule has 3 N–H and O–H groups in total. The first kappa shape index (κ1) is 14.3. The topological polar surface area (TPSA) is 78.4 Å². The first-order chi connectivity index (χ1) is 5.20. The molecule has 0 aromatic carbocycles. The maximum Gasteiger partial charge on any atom is 0.314 e. The molecule has 0 amide bonds. The first-order valence-corrected chi connectivity index (χ1v) is 4.42. The van der Waals surface area contributed by atoms with Crippen molar-refractivity contribution >= 4 is 37.2 Å². The van der Waals surface area contributed by atoms with Gasteiger partial charge in [-0.25, -0.2) is 0 Å². The minimum absolute atomic E-state index is 0. The van der Waals surface area contributed by atoms with Gasteiger partial charge in [0, 0.05) is 11.5 Å². The maximum atomic E-state index is 10.6. The Hall–Kier alpha value is -0.200. The molecule has 0 aromatic rings. The lowest BCUT2D eigenvalue weighted by molar-refractivity contribution is -0.158. The van der Waals surface area contributed by atoms with Crippen molar-refractivity contribution in [3.05, 3.63) is 0 Å². The molecule has 0 rings (SSSR count). The van der Waals surface area contributed by atoms with E-state index in [4.69, 9.17) is 0 Å². The SMILES string of the molecule is N.O=C(CCS)OC(=O)CCS. The fraction of sp³-hybridized carbons (Fsp3) is 0.667. The standard InChI is InChI=1S/C6H10O3S2.H3N/c7-5(1-3-10)9-6(8)2-4-11;/h10-11H,1-4H2;1H3.